The Hall–Kier alpha value is -2.66. The molecule has 1 aromatic heterocycles. The quantitative estimate of drug-likeness (QED) is 0.742. The Balaban J connectivity index is 1.98. The topological polar surface area (TPSA) is 51.1 Å². The monoisotopic (exact) mass is 372 g/mol. The third-order valence-corrected chi connectivity index (χ3v) is 4.58. The SMILES string of the molecule is CCn1cc(C(=O)N[C@@H](C)c2ccc(F)cc2)c(=O)c2cc(Cl)ccc21. The predicted molar refractivity (Wildman–Crippen MR) is 101 cm³/mol. The lowest BCUT2D eigenvalue weighted by Gasteiger charge is -2.16. The molecule has 3 rings (SSSR count). The Morgan fingerprint density at radius 2 is 1.92 bits per heavy atom. The predicted octanol–water partition coefficient (Wildman–Crippen LogP) is 4.30. The highest BCUT2D eigenvalue weighted by atomic mass is 35.5. The number of hydrogen-bond acceptors (Lipinski definition) is 2. The van der Waals surface area contributed by atoms with E-state index in [9.17, 15) is 14.0 Å². The number of aryl methyl sites for hydroxylation is 1. The molecule has 2 aromatic carbocycles. The van der Waals surface area contributed by atoms with Gasteiger partial charge in [-0.25, -0.2) is 4.39 Å². The molecule has 0 saturated heterocycles. The summed E-state index contributed by atoms with van der Waals surface area (Å²) in [6, 6.07) is 10.6. The van der Waals surface area contributed by atoms with Crippen LogP contribution >= 0.6 is 11.6 Å². The number of nitrogens with zero attached hydrogens (tertiary/aromatic N) is 1. The van der Waals surface area contributed by atoms with Gasteiger partial charge in [-0.05, 0) is 49.7 Å². The van der Waals surface area contributed by atoms with Crippen LogP contribution in [0.3, 0.4) is 0 Å². The first-order valence-corrected chi connectivity index (χ1v) is 8.67. The van der Waals surface area contributed by atoms with Gasteiger partial charge in [-0.1, -0.05) is 23.7 Å². The Kier molecular flexibility index (Phi) is 5.09. The molecule has 1 amide bonds. The lowest BCUT2D eigenvalue weighted by molar-refractivity contribution is 0.0938. The standard InChI is InChI=1S/C20H18ClFN2O2/c1-3-24-11-17(19(25)16-10-14(21)6-9-18(16)24)20(26)23-12(2)13-4-7-15(22)8-5-13/h4-12H,3H2,1-2H3,(H,23,26)/t12-/m0/s1. The van der Waals surface area contributed by atoms with Crippen LogP contribution in [0.5, 0.6) is 0 Å². The van der Waals surface area contributed by atoms with Crippen molar-refractivity contribution < 1.29 is 9.18 Å². The summed E-state index contributed by atoms with van der Waals surface area (Å²) < 4.78 is 14.9. The van der Waals surface area contributed by atoms with Gasteiger partial charge in [-0.2, -0.15) is 0 Å². The summed E-state index contributed by atoms with van der Waals surface area (Å²) in [5.41, 5.74) is 1.16. The maximum atomic E-state index is 13.1. The Morgan fingerprint density at radius 1 is 1.23 bits per heavy atom. The molecule has 0 fully saturated rings. The normalized spacial score (nSPS) is 12.2. The largest absolute Gasteiger partial charge is 0.347 e. The van der Waals surface area contributed by atoms with Crippen LogP contribution in [0.25, 0.3) is 10.9 Å². The van der Waals surface area contributed by atoms with Crippen LogP contribution in [0, 0.1) is 5.82 Å². The van der Waals surface area contributed by atoms with E-state index in [-0.39, 0.29) is 22.9 Å². The second-order valence-electron chi connectivity index (χ2n) is 6.07. The number of hydrogen-bond donors (Lipinski definition) is 1. The minimum atomic E-state index is -0.476. The molecule has 1 heterocycles. The molecule has 0 aliphatic carbocycles. The van der Waals surface area contributed by atoms with E-state index in [1.54, 1.807) is 43.5 Å². The van der Waals surface area contributed by atoms with Crippen molar-refractivity contribution in [2.75, 3.05) is 0 Å². The smallest absolute Gasteiger partial charge is 0.257 e. The summed E-state index contributed by atoms with van der Waals surface area (Å²) in [7, 11) is 0. The van der Waals surface area contributed by atoms with Gasteiger partial charge in [-0.3, -0.25) is 9.59 Å². The van der Waals surface area contributed by atoms with Gasteiger partial charge in [0.25, 0.3) is 5.91 Å². The third-order valence-electron chi connectivity index (χ3n) is 4.35. The van der Waals surface area contributed by atoms with Crippen molar-refractivity contribution >= 4 is 28.4 Å². The lowest BCUT2D eigenvalue weighted by atomic mass is 10.1. The molecule has 0 spiro atoms. The van der Waals surface area contributed by atoms with Gasteiger partial charge in [0.1, 0.15) is 11.4 Å². The maximum Gasteiger partial charge on any atom is 0.257 e. The van der Waals surface area contributed by atoms with Crippen LogP contribution in [0.1, 0.15) is 35.8 Å². The van der Waals surface area contributed by atoms with E-state index in [4.69, 9.17) is 11.6 Å². The first kappa shape index (κ1) is 18.1. The summed E-state index contributed by atoms with van der Waals surface area (Å²) in [4.78, 5) is 25.5. The fourth-order valence-corrected chi connectivity index (χ4v) is 3.07. The van der Waals surface area contributed by atoms with Gasteiger partial charge in [0.15, 0.2) is 0 Å². The van der Waals surface area contributed by atoms with Crippen LogP contribution in [0.2, 0.25) is 5.02 Å². The molecule has 0 aliphatic rings. The molecule has 26 heavy (non-hydrogen) atoms. The molecule has 0 bridgehead atoms. The zero-order chi connectivity index (χ0) is 18.8. The van der Waals surface area contributed by atoms with Crippen molar-refractivity contribution in [1.29, 1.82) is 0 Å². The summed E-state index contributed by atoms with van der Waals surface area (Å²) in [5, 5.41) is 3.64. The number of benzene rings is 2. The second-order valence-corrected chi connectivity index (χ2v) is 6.50. The van der Waals surface area contributed by atoms with Crippen molar-refractivity contribution in [3.8, 4) is 0 Å². The Bertz CT molecular complexity index is 1030. The molecule has 3 aromatic rings. The van der Waals surface area contributed by atoms with E-state index in [1.165, 1.54) is 12.1 Å². The number of rotatable bonds is 4. The summed E-state index contributed by atoms with van der Waals surface area (Å²) in [6.07, 6.45) is 1.56. The molecule has 0 radical (unpaired) electrons. The van der Waals surface area contributed by atoms with Crippen LogP contribution in [0.15, 0.2) is 53.5 Å². The van der Waals surface area contributed by atoms with Crippen molar-refractivity contribution in [1.82, 2.24) is 9.88 Å². The average molecular weight is 373 g/mol. The molecule has 1 N–H and O–H groups in total. The molecule has 4 nitrogen and oxygen atoms in total. The van der Waals surface area contributed by atoms with Gasteiger partial charge in [0, 0.05) is 23.2 Å². The van der Waals surface area contributed by atoms with Gasteiger partial charge in [0.05, 0.1) is 11.6 Å². The first-order chi connectivity index (χ1) is 12.4. The molecular weight excluding hydrogens is 355 g/mol. The Morgan fingerprint density at radius 3 is 2.58 bits per heavy atom. The van der Waals surface area contributed by atoms with Gasteiger partial charge >= 0.3 is 0 Å². The highest BCUT2D eigenvalue weighted by molar-refractivity contribution is 6.31. The summed E-state index contributed by atoms with van der Waals surface area (Å²) in [6.45, 7) is 4.31. The summed E-state index contributed by atoms with van der Waals surface area (Å²) in [5.74, 6) is -0.819. The van der Waals surface area contributed by atoms with Crippen LogP contribution in [0.4, 0.5) is 4.39 Å². The van der Waals surface area contributed by atoms with Crippen molar-refractivity contribution in [3.05, 3.63) is 80.9 Å². The molecule has 1 atom stereocenters. The number of fused-ring (bicyclic) bond motifs is 1. The first-order valence-electron chi connectivity index (χ1n) is 8.29. The minimum Gasteiger partial charge on any atom is -0.347 e. The molecule has 0 saturated carbocycles. The zero-order valence-electron chi connectivity index (χ0n) is 14.4. The second kappa shape index (κ2) is 7.30. The fourth-order valence-electron chi connectivity index (χ4n) is 2.90. The van der Waals surface area contributed by atoms with Crippen LogP contribution in [-0.4, -0.2) is 10.5 Å². The molecular formula is C20H18ClFN2O2. The van der Waals surface area contributed by atoms with Gasteiger partial charge in [-0.15, -0.1) is 0 Å². The van der Waals surface area contributed by atoms with E-state index in [2.05, 4.69) is 5.32 Å². The van der Waals surface area contributed by atoms with E-state index in [0.29, 0.717) is 17.0 Å². The third kappa shape index (κ3) is 3.48. The number of aromatic nitrogens is 1. The van der Waals surface area contributed by atoms with Crippen LogP contribution < -0.4 is 10.7 Å². The molecule has 0 unspecified atom stereocenters. The van der Waals surface area contributed by atoms with Crippen molar-refractivity contribution in [3.63, 3.8) is 0 Å². The molecule has 6 heteroatoms. The number of amides is 1. The number of pyridine rings is 1. The van der Waals surface area contributed by atoms with E-state index < -0.39 is 5.91 Å². The fraction of sp³-hybridized carbons (Fsp3) is 0.200. The molecule has 0 aliphatic heterocycles. The van der Waals surface area contributed by atoms with E-state index >= 15 is 0 Å². The zero-order valence-corrected chi connectivity index (χ0v) is 15.2. The lowest BCUT2D eigenvalue weighted by Crippen LogP contribution is -2.31. The van der Waals surface area contributed by atoms with E-state index in [0.717, 1.165) is 11.1 Å². The van der Waals surface area contributed by atoms with E-state index in [1.807, 2.05) is 11.5 Å². The van der Waals surface area contributed by atoms with Gasteiger partial charge < -0.3 is 9.88 Å². The number of carbonyl (C=O) groups is 1. The number of halogens is 2. The van der Waals surface area contributed by atoms with Crippen LogP contribution in [-0.2, 0) is 6.54 Å². The number of nitrogens with one attached hydrogen (secondary N) is 1. The minimum absolute atomic E-state index is 0.0515. The maximum absolute atomic E-state index is 13.1. The van der Waals surface area contributed by atoms with Crippen molar-refractivity contribution in [2.45, 2.75) is 26.4 Å². The molecule has 134 valence electrons. The number of carbonyl (C=O) groups excluding carboxylic acids is 1. The highest BCUT2D eigenvalue weighted by Crippen LogP contribution is 2.18. The highest BCUT2D eigenvalue weighted by Gasteiger charge is 2.18. The van der Waals surface area contributed by atoms with Gasteiger partial charge in [0.2, 0.25) is 5.43 Å². The summed E-state index contributed by atoms with van der Waals surface area (Å²) >= 11 is 6.02. The van der Waals surface area contributed by atoms with Crippen molar-refractivity contribution in [2.24, 2.45) is 0 Å². The Labute approximate surface area is 155 Å². The average Bonchev–Trinajstić information content (AvgIpc) is 2.62.